The number of hydrogen-bond donors (Lipinski definition) is 0. The van der Waals surface area contributed by atoms with Crippen LogP contribution in [0.15, 0.2) is 46.7 Å². The Hall–Kier alpha value is -1.42. The van der Waals surface area contributed by atoms with Gasteiger partial charge in [0.05, 0.1) is 4.90 Å². The number of rotatable bonds is 3. The van der Waals surface area contributed by atoms with Crippen molar-refractivity contribution >= 4 is 16.1 Å². The highest BCUT2D eigenvalue weighted by Gasteiger charge is 2.07. The number of benzene rings is 1. The Labute approximate surface area is 76.6 Å². The normalized spacial score (nSPS) is 11.7. The maximum atomic E-state index is 11.3. The van der Waals surface area contributed by atoms with Crippen molar-refractivity contribution in [2.24, 2.45) is 0 Å². The Bertz CT molecular complexity index is 404. The van der Waals surface area contributed by atoms with Crippen LogP contribution >= 0.6 is 0 Å². The molecule has 0 N–H and O–H groups in total. The molecule has 0 spiro atoms. The second kappa shape index (κ2) is 4.00. The van der Waals surface area contributed by atoms with E-state index in [2.05, 4.69) is 0 Å². The van der Waals surface area contributed by atoms with Crippen molar-refractivity contribution in [3.05, 3.63) is 41.8 Å². The third kappa shape index (κ3) is 2.52. The van der Waals surface area contributed by atoms with Crippen molar-refractivity contribution in [2.45, 2.75) is 4.90 Å². The summed E-state index contributed by atoms with van der Waals surface area (Å²) in [4.78, 5) is 10.1. The Morgan fingerprint density at radius 2 is 1.69 bits per heavy atom. The van der Waals surface area contributed by atoms with Crippen molar-refractivity contribution < 1.29 is 13.2 Å². The third-order valence-corrected chi connectivity index (χ3v) is 2.85. The number of sulfone groups is 1. The van der Waals surface area contributed by atoms with Gasteiger partial charge in [-0.2, -0.15) is 0 Å². The molecular weight excluding hydrogens is 188 g/mol. The molecule has 0 radical (unpaired) electrons. The molecule has 0 unspecified atom stereocenters. The van der Waals surface area contributed by atoms with E-state index in [0.29, 0.717) is 6.29 Å². The molecule has 1 aromatic rings. The van der Waals surface area contributed by atoms with Crippen molar-refractivity contribution in [2.75, 3.05) is 0 Å². The molecule has 0 saturated heterocycles. The van der Waals surface area contributed by atoms with Crippen LogP contribution in [0.4, 0.5) is 0 Å². The molecule has 0 aliphatic heterocycles. The molecular formula is C9H8O3S. The molecule has 0 saturated carbocycles. The zero-order valence-corrected chi connectivity index (χ0v) is 7.57. The number of hydrogen-bond acceptors (Lipinski definition) is 3. The van der Waals surface area contributed by atoms with E-state index in [-0.39, 0.29) is 4.90 Å². The summed E-state index contributed by atoms with van der Waals surface area (Å²) in [6, 6.07) is 7.93. The van der Waals surface area contributed by atoms with Crippen molar-refractivity contribution in [1.82, 2.24) is 0 Å². The van der Waals surface area contributed by atoms with Crippen molar-refractivity contribution in [3.8, 4) is 0 Å². The zero-order valence-electron chi connectivity index (χ0n) is 6.75. The van der Waals surface area contributed by atoms with E-state index in [4.69, 9.17) is 0 Å². The second-order valence-electron chi connectivity index (χ2n) is 2.32. The van der Waals surface area contributed by atoms with Gasteiger partial charge in [0.1, 0.15) is 6.29 Å². The largest absolute Gasteiger partial charge is 0.299 e. The lowest BCUT2D eigenvalue weighted by Gasteiger charge is -1.95. The molecule has 0 aliphatic carbocycles. The summed E-state index contributed by atoms with van der Waals surface area (Å²) in [5.74, 6) is 0. The minimum Gasteiger partial charge on any atom is -0.299 e. The van der Waals surface area contributed by atoms with Crippen LogP contribution in [0, 0.1) is 0 Å². The van der Waals surface area contributed by atoms with Crippen molar-refractivity contribution in [1.29, 1.82) is 0 Å². The highest BCUT2D eigenvalue weighted by atomic mass is 32.2. The van der Waals surface area contributed by atoms with Gasteiger partial charge in [-0.1, -0.05) is 18.2 Å². The molecule has 0 aliphatic rings. The molecule has 0 aromatic heterocycles. The zero-order chi connectivity index (χ0) is 9.73. The lowest BCUT2D eigenvalue weighted by molar-refractivity contribution is -0.104. The average Bonchev–Trinajstić information content (AvgIpc) is 2.16. The first-order valence-corrected chi connectivity index (χ1v) is 5.13. The van der Waals surface area contributed by atoms with E-state index in [1.165, 1.54) is 12.1 Å². The Morgan fingerprint density at radius 3 is 2.23 bits per heavy atom. The number of aldehydes is 1. The molecule has 1 aromatic carbocycles. The summed E-state index contributed by atoms with van der Waals surface area (Å²) in [6.07, 6.45) is 1.39. The lowest BCUT2D eigenvalue weighted by Crippen LogP contribution is -1.95. The van der Waals surface area contributed by atoms with Gasteiger partial charge in [-0.05, 0) is 18.2 Å². The highest BCUT2D eigenvalue weighted by molar-refractivity contribution is 7.94. The highest BCUT2D eigenvalue weighted by Crippen LogP contribution is 2.10. The van der Waals surface area contributed by atoms with E-state index in [1.54, 1.807) is 18.2 Å². The van der Waals surface area contributed by atoms with Gasteiger partial charge in [0.2, 0.25) is 0 Å². The van der Waals surface area contributed by atoms with Crippen LogP contribution in [0.1, 0.15) is 0 Å². The monoisotopic (exact) mass is 196 g/mol. The summed E-state index contributed by atoms with van der Waals surface area (Å²) in [7, 11) is -3.43. The van der Waals surface area contributed by atoms with Crippen LogP contribution in [0.5, 0.6) is 0 Å². The van der Waals surface area contributed by atoms with Gasteiger partial charge in [-0.25, -0.2) is 8.42 Å². The first-order chi connectivity index (χ1) is 6.17. The first kappa shape index (κ1) is 9.67. The molecule has 13 heavy (non-hydrogen) atoms. The SMILES string of the molecule is O=C/C=C/S(=O)(=O)c1ccccc1. The van der Waals surface area contributed by atoms with Gasteiger partial charge in [-0.15, -0.1) is 0 Å². The van der Waals surface area contributed by atoms with Gasteiger partial charge < -0.3 is 0 Å². The predicted molar refractivity (Wildman–Crippen MR) is 48.8 cm³/mol. The van der Waals surface area contributed by atoms with E-state index in [1.807, 2.05) is 0 Å². The smallest absolute Gasteiger partial charge is 0.199 e. The molecule has 0 fully saturated rings. The van der Waals surface area contributed by atoms with Gasteiger partial charge in [-0.3, -0.25) is 4.79 Å². The molecule has 0 heterocycles. The average molecular weight is 196 g/mol. The Balaban J connectivity index is 3.09. The molecule has 0 atom stereocenters. The maximum absolute atomic E-state index is 11.3. The van der Waals surface area contributed by atoms with E-state index >= 15 is 0 Å². The summed E-state index contributed by atoms with van der Waals surface area (Å²) in [5.41, 5.74) is 0. The molecule has 3 nitrogen and oxygen atoms in total. The fraction of sp³-hybridized carbons (Fsp3) is 0. The van der Waals surface area contributed by atoms with Crippen LogP contribution in [-0.2, 0) is 14.6 Å². The van der Waals surface area contributed by atoms with Gasteiger partial charge in [0.15, 0.2) is 9.84 Å². The fourth-order valence-corrected chi connectivity index (χ4v) is 1.79. The van der Waals surface area contributed by atoms with Crippen LogP contribution in [0.25, 0.3) is 0 Å². The lowest BCUT2D eigenvalue weighted by atomic mass is 10.4. The van der Waals surface area contributed by atoms with Crippen LogP contribution in [0.2, 0.25) is 0 Å². The third-order valence-electron chi connectivity index (χ3n) is 1.41. The number of carbonyl (C=O) groups excluding carboxylic acids is 1. The predicted octanol–water partition coefficient (Wildman–Crippen LogP) is 1.17. The van der Waals surface area contributed by atoms with E-state index < -0.39 is 9.84 Å². The second-order valence-corrected chi connectivity index (χ2v) is 4.16. The summed E-state index contributed by atoms with van der Waals surface area (Å²) >= 11 is 0. The summed E-state index contributed by atoms with van der Waals surface area (Å²) in [5, 5.41) is 0.884. The van der Waals surface area contributed by atoms with Crippen LogP contribution in [-0.4, -0.2) is 14.7 Å². The van der Waals surface area contributed by atoms with E-state index in [0.717, 1.165) is 11.5 Å². The summed E-state index contributed by atoms with van der Waals surface area (Å²) < 4.78 is 22.7. The first-order valence-electron chi connectivity index (χ1n) is 3.59. The number of allylic oxidation sites excluding steroid dienone is 1. The standard InChI is InChI=1S/C9H8O3S/c10-7-4-8-13(11,12)9-5-2-1-3-6-9/h1-8H/b8-4+. The fourth-order valence-electron chi connectivity index (χ4n) is 0.824. The van der Waals surface area contributed by atoms with Crippen LogP contribution in [0.3, 0.4) is 0 Å². The van der Waals surface area contributed by atoms with Gasteiger partial charge in [0.25, 0.3) is 0 Å². The minimum atomic E-state index is -3.43. The van der Waals surface area contributed by atoms with Gasteiger partial charge in [0, 0.05) is 5.41 Å². The Kier molecular flexibility index (Phi) is 2.97. The maximum Gasteiger partial charge on any atom is 0.199 e. The topological polar surface area (TPSA) is 51.2 Å². The number of carbonyl (C=O) groups is 1. The molecule has 68 valence electrons. The van der Waals surface area contributed by atoms with E-state index in [9.17, 15) is 13.2 Å². The van der Waals surface area contributed by atoms with Gasteiger partial charge >= 0.3 is 0 Å². The Morgan fingerprint density at radius 1 is 1.08 bits per heavy atom. The molecule has 0 bridgehead atoms. The molecule has 1 rings (SSSR count). The minimum absolute atomic E-state index is 0.188. The summed E-state index contributed by atoms with van der Waals surface area (Å²) in [6.45, 7) is 0. The van der Waals surface area contributed by atoms with Crippen molar-refractivity contribution in [3.63, 3.8) is 0 Å². The quantitative estimate of drug-likeness (QED) is 0.538. The molecule has 4 heteroatoms. The van der Waals surface area contributed by atoms with Crippen LogP contribution < -0.4 is 0 Å². The molecule has 0 amide bonds.